The molecule has 26 heavy (non-hydrogen) atoms. The van der Waals surface area contributed by atoms with Gasteiger partial charge in [0, 0.05) is 10.8 Å². The Labute approximate surface area is 153 Å². The molecule has 0 aliphatic carbocycles. The SMILES string of the molecule is CONc1cccc2c(OCC=O)cccc12.COc1cccc(C)c1. The first-order valence-electron chi connectivity index (χ1n) is 8.17. The van der Waals surface area contributed by atoms with Crippen LogP contribution in [0.3, 0.4) is 0 Å². The predicted molar refractivity (Wildman–Crippen MR) is 104 cm³/mol. The van der Waals surface area contributed by atoms with E-state index in [-0.39, 0.29) is 6.61 Å². The Morgan fingerprint density at radius 2 is 1.69 bits per heavy atom. The molecule has 0 unspecified atom stereocenters. The van der Waals surface area contributed by atoms with E-state index < -0.39 is 0 Å². The third kappa shape index (κ3) is 5.22. The minimum absolute atomic E-state index is 0.0566. The summed E-state index contributed by atoms with van der Waals surface area (Å²) in [5.41, 5.74) is 4.90. The van der Waals surface area contributed by atoms with Crippen molar-refractivity contribution in [1.29, 1.82) is 0 Å². The summed E-state index contributed by atoms with van der Waals surface area (Å²) in [5.74, 6) is 1.62. The monoisotopic (exact) mass is 353 g/mol. The second-order valence-corrected chi connectivity index (χ2v) is 5.46. The molecule has 0 fully saturated rings. The number of hydrogen-bond donors (Lipinski definition) is 1. The highest BCUT2D eigenvalue weighted by Crippen LogP contribution is 2.30. The molecule has 5 nitrogen and oxygen atoms in total. The molecular formula is C21H23NO4. The van der Waals surface area contributed by atoms with Crippen LogP contribution in [0.2, 0.25) is 0 Å². The molecule has 0 aromatic heterocycles. The molecule has 3 rings (SSSR count). The van der Waals surface area contributed by atoms with Crippen LogP contribution in [0.1, 0.15) is 5.56 Å². The number of carbonyl (C=O) groups excluding carboxylic acids is 1. The number of aldehydes is 1. The number of rotatable bonds is 6. The Kier molecular flexibility index (Phi) is 7.46. The van der Waals surface area contributed by atoms with Crippen molar-refractivity contribution < 1.29 is 19.1 Å². The van der Waals surface area contributed by atoms with Crippen LogP contribution in [0.15, 0.2) is 60.7 Å². The van der Waals surface area contributed by atoms with Gasteiger partial charge in [0.1, 0.15) is 18.1 Å². The van der Waals surface area contributed by atoms with Crippen molar-refractivity contribution >= 4 is 22.7 Å². The molecule has 0 amide bonds. The van der Waals surface area contributed by atoms with Gasteiger partial charge in [-0.3, -0.25) is 15.1 Å². The van der Waals surface area contributed by atoms with Crippen LogP contribution >= 0.6 is 0 Å². The van der Waals surface area contributed by atoms with Gasteiger partial charge in [0.2, 0.25) is 0 Å². The molecular weight excluding hydrogens is 330 g/mol. The highest BCUT2D eigenvalue weighted by atomic mass is 16.6. The third-order valence-corrected chi connectivity index (χ3v) is 3.63. The third-order valence-electron chi connectivity index (χ3n) is 3.63. The van der Waals surface area contributed by atoms with Crippen molar-refractivity contribution in [3.63, 3.8) is 0 Å². The standard InChI is InChI=1S/C13H13NO3.C8H10O/c1-16-14-12-6-2-5-11-10(12)4-3-7-13(11)17-9-8-15;1-7-4-3-5-8(6-7)9-2/h2-8,14H,9H2,1H3;3-6H,1-2H3. The zero-order valence-corrected chi connectivity index (χ0v) is 15.2. The van der Waals surface area contributed by atoms with E-state index >= 15 is 0 Å². The topological polar surface area (TPSA) is 56.8 Å². The quantitative estimate of drug-likeness (QED) is 0.526. The van der Waals surface area contributed by atoms with Crippen molar-refractivity contribution in [2.75, 3.05) is 26.3 Å². The minimum atomic E-state index is 0.0566. The molecule has 0 bridgehead atoms. The normalized spacial score (nSPS) is 9.81. The molecule has 5 heteroatoms. The molecule has 0 spiro atoms. The number of anilines is 1. The number of methoxy groups -OCH3 is 1. The lowest BCUT2D eigenvalue weighted by atomic mass is 10.1. The van der Waals surface area contributed by atoms with Crippen molar-refractivity contribution in [3.05, 3.63) is 66.2 Å². The first-order chi connectivity index (χ1) is 12.7. The molecule has 3 aromatic rings. The van der Waals surface area contributed by atoms with Gasteiger partial charge in [-0.25, -0.2) is 0 Å². The lowest BCUT2D eigenvalue weighted by Crippen LogP contribution is -1.99. The van der Waals surface area contributed by atoms with Gasteiger partial charge in [0.05, 0.1) is 19.9 Å². The maximum atomic E-state index is 10.3. The van der Waals surface area contributed by atoms with Gasteiger partial charge in [0.15, 0.2) is 6.29 Å². The number of hydrogen-bond acceptors (Lipinski definition) is 5. The van der Waals surface area contributed by atoms with Crippen LogP contribution < -0.4 is 15.0 Å². The average molecular weight is 353 g/mol. The summed E-state index contributed by atoms with van der Waals surface area (Å²) in [7, 11) is 3.24. The summed E-state index contributed by atoms with van der Waals surface area (Å²) in [4.78, 5) is 15.2. The average Bonchev–Trinajstić information content (AvgIpc) is 2.67. The summed E-state index contributed by atoms with van der Waals surface area (Å²) in [6.07, 6.45) is 0.732. The van der Waals surface area contributed by atoms with E-state index in [0.29, 0.717) is 5.75 Å². The molecule has 3 aromatic carbocycles. The molecule has 0 saturated heterocycles. The number of aryl methyl sites for hydroxylation is 1. The van der Waals surface area contributed by atoms with E-state index in [1.807, 2.05) is 67.6 Å². The lowest BCUT2D eigenvalue weighted by Gasteiger charge is -2.10. The molecule has 0 atom stereocenters. The van der Waals surface area contributed by atoms with Crippen molar-refractivity contribution in [1.82, 2.24) is 0 Å². The fourth-order valence-corrected chi connectivity index (χ4v) is 2.47. The maximum absolute atomic E-state index is 10.3. The van der Waals surface area contributed by atoms with Gasteiger partial charge in [-0.15, -0.1) is 0 Å². The van der Waals surface area contributed by atoms with Gasteiger partial charge in [-0.1, -0.05) is 36.4 Å². The van der Waals surface area contributed by atoms with E-state index in [4.69, 9.17) is 14.3 Å². The summed E-state index contributed by atoms with van der Waals surface area (Å²) in [6.45, 7) is 2.10. The van der Waals surface area contributed by atoms with Gasteiger partial charge in [-0.05, 0) is 36.8 Å². The molecule has 0 aliphatic rings. The number of fused-ring (bicyclic) bond motifs is 1. The van der Waals surface area contributed by atoms with Crippen LogP contribution in [0, 0.1) is 6.92 Å². The number of carbonyl (C=O) groups is 1. The maximum Gasteiger partial charge on any atom is 0.157 e. The Balaban J connectivity index is 0.000000228. The van der Waals surface area contributed by atoms with Crippen LogP contribution in [0.4, 0.5) is 5.69 Å². The lowest BCUT2D eigenvalue weighted by molar-refractivity contribution is -0.109. The van der Waals surface area contributed by atoms with Crippen LogP contribution in [-0.4, -0.2) is 27.1 Å². The zero-order chi connectivity index (χ0) is 18.8. The van der Waals surface area contributed by atoms with Gasteiger partial charge in [-0.2, -0.15) is 0 Å². The molecule has 0 aliphatic heterocycles. The van der Waals surface area contributed by atoms with E-state index in [1.165, 1.54) is 5.56 Å². The first-order valence-corrected chi connectivity index (χ1v) is 8.17. The first kappa shape index (κ1) is 19.3. The summed E-state index contributed by atoms with van der Waals surface area (Å²) in [5, 5.41) is 1.93. The number of ether oxygens (including phenoxy) is 2. The van der Waals surface area contributed by atoms with E-state index in [1.54, 1.807) is 14.2 Å². The molecule has 1 N–H and O–H groups in total. The minimum Gasteiger partial charge on any atom is -0.497 e. The second kappa shape index (κ2) is 10.1. The Morgan fingerprint density at radius 3 is 2.35 bits per heavy atom. The van der Waals surface area contributed by atoms with Crippen molar-refractivity contribution in [2.24, 2.45) is 0 Å². The molecule has 0 saturated carbocycles. The fourth-order valence-electron chi connectivity index (χ4n) is 2.47. The second-order valence-electron chi connectivity index (χ2n) is 5.46. The number of nitrogens with one attached hydrogen (secondary N) is 1. The van der Waals surface area contributed by atoms with E-state index in [2.05, 4.69) is 5.48 Å². The summed E-state index contributed by atoms with van der Waals surface area (Å²) in [6, 6.07) is 19.4. The molecule has 0 heterocycles. The zero-order valence-electron chi connectivity index (χ0n) is 15.2. The predicted octanol–water partition coefficient (Wildman–Crippen LogP) is 4.39. The van der Waals surface area contributed by atoms with Gasteiger partial charge in [0.25, 0.3) is 0 Å². The largest absolute Gasteiger partial charge is 0.497 e. The Morgan fingerprint density at radius 1 is 0.962 bits per heavy atom. The summed E-state index contributed by atoms with van der Waals surface area (Å²) >= 11 is 0. The number of benzene rings is 3. The molecule has 0 radical (unpaired) electrons. The highest BCUT2D eigenvalue weighted by molar-refractivity contribution is 5.97. The van der Waals surface area contributed by atoms with Crippen molar-refractivity contribution in [3.8, 4) is 11.5 Å². The van der Waals surface area contributed by atoms with Crippen molar-refractivity contribution in [2.45, 2.75) is 6.92 Å². The van der Waals surface area contributed by atoms with Crippen LogP contribution in [0.5, 0.6) is 11.5 Å². The fraction of sp³-hybridized carbons (Fsp3) is 0.190. The van der Waals surface area contributed by atoms with E-state index in [9.17, 15) is 4.79 Å². The Hall–Kier alpha value is -3.05. The molecule has 136 valence electrons. The Bertz CT molecular complexity index is 848. The van der Waals surface area contributed by atoms with Gasteiger partial charge >= 0.3 is 0 Å². The van der Waals surface area contributed by atoms with Crippen LogP contribution in [-0.2, 0) is 9.63 Å². The summed E-state index contributed by atoms with van der Waals surface area (Å²) < 4.78 is 10.4. The van der Waals surface area contributed by atoms with E-state index in [0.717, 1.165) is 28.5 Å². The van der Waals surface area contributed by atoms with Gasteiger partial charge < -0.3 is 9.47 Å². The highest BCUT2D eigenvalue weighted by Gasteiger charge is 2.05. The van der Waals surface area contributed by atoms with Crippen LogP contribution in [0.25, 0.3) is 10.8 Å². The smallest absolute Gasteiger partial charge is 0.157 e.